The second kappa shape index (κ2) is 9.93. The van der Waals surface area contributed by atoms with Crippen LogP contribution in [-0.4, -0.2) is 45.1 Å². The molecule has 0 aliphatic rings. The summed E-state index contributed by atoms with van der Waals surface area (Å²) < 4.78 is 44.4. The van der Waals surface area contributed by atoms with Crippen LogP contribution in [0.5, 0.6) is 5.75 Å². The maximum Gasteiger partial charge on any atom is 0.262 e. The van der Waals surface area contributed by atoms with Gasteiger partial charge in [0.2, 0.25) is 10.0 Å². The Hall–Kier alpha value is -3.56. The summed E-state index contributed by atoms with van der Waals surface area (Å²) >= 11 is 0. The monoisotopic (exact) mass is 470 g/mol. The van der Waals surface area contributed by atoms with Crippen molar-refractivity contribution in [2.75, 3.05) is 26.0 Å². The summed E-state index contributed by atoms with van der Waals surface area (Å²) in [6.45, 7) is 1.37. The van der Waals surface area contributed by atoms with E-state index in [4.69, 9.17) is 4.74 Å². The summed E-state index contributed by atoms with van der Waals surface area (Å²) in [5, 5.41) is 2.61. The first-order chi connectivity index (χ1) is 15.6. The van der Waals surface area contributed by atoms with Crippen molar-refractivity contribution in [1.82, 2.24) is 4.31 Å². The van der Waals surface area contributed by atoms with Gasteiger partial charge in [0, 0.05) is 30.9 Å². The Bertz CT molecular complexity index is 1270. The molecule has 3 aromatic rings. The zero-order valence-electron chi connectivity index (χ0n) is 18.3. The second-order valence-electron chi connectivity index (χ2n) is 7.46. The van der Waals surface area contributed by atoms with Gasteiger partial charge in [-0.05, 0) is 73.2 Å². The Kier molecular flexibility index (Phi) is 7.25. The van der Waals surface area contributed by atoms with Crippen molar-refractivity contribution >= 4 is 27.4 Å². The Labute approximate surface area is 191 Å². The zero-order valence-corrected chi connectivity index (χ0v) is 19.1. The van der Waals surface area contributed by atoms with Gasteiger partial charge in [-0.3, -0.25) is 9.59 Å². The molecule has 0 heterocycles. The molecule has 9 heteroatoms. The predicted molar refractivity (Wildman–Crippen MR) is 122 cm³/mol. The first-order valence-corrected chi connectivity index (χ1v) is 11.4. The van der Waals surface area contributed by atoms with Crippen LogP contribution < -0.4 is 10.1 Å². The van der Waals surface area contributed by atoms with Gasteiger partial charge in [0.05, 0.1) is 4.90 Å². The van der Waals surface area contributed by atoms with Gasteiger partial charge >= 0.3 is 0 Å². The van der Waals surface area contributed by atoms with Crippen LogP contribution in [0.25, 0.3) is 0 Å². The number of hydrogen-bond acceptors (Lipinski definition) is 5. The van der Waals surface area contributed by atoms with E-state index in [0.29, 0.717) is 28.1 Å². The maximum atomic E-state index is 13.0. The highest BCUT2D eigenvalue weighted by atomic mass is 32.2. The Morgan fingerprint density at radius 1 is 0.939 bits per heavy atom. The van der Waals surface area contributed by atoms with Crippen molar-refractivity contribution in [2.24, 2.45) is 0 Å². The molecule has 0 saturated heterocycles. The first kappa shape index (κ1) is 24.1. The number of carbonyl (C=O) groups excluding carboxylic acids is 2. The number of ether oxygens (including phenoxy) is 1. The molecule has 7 nitrogen and oxygen atoms in total. The van der Waals surface area contributed by atoms with Crippen molar-refractivity contribution < 1.29 is 27.1 Å². The molecule has 1 amide bonds. The van der Waals surface area contributed by atoms with Crippen molar-refractivity contribution in [1.29, 1.82) is 0 Å². The van der Waals surface area contributed by atoms with Gasteiger partial charge in [0.1, 0.15) is 11.6 Å². The molecule has 0 radical (unpaired) electrons. The number of ketones is 1. The Morgan fingerprint density at radius 2 is 1.52 bits per heavy atom. The van der Waals surface area contributed by atoms with E-state index >= 15 is 0 Å². The van der Waals surface area contributed by atoms with Gasteiger partial charge in [-0.25, -0.2) is 17.1 Å². The van der Waals surface area contributed by atoms with Gasteiger partial charge in [0.15, 0.2) is 12.4 Å². The van der Waals surface area contributed by atoms with Crippen molar-refractivity contribution in [3.05, 3.63) is 89.2 Å². The van der Waals surface area contributed by atoms with Gasteiger partial charge in [-0.15, -0.1) is 0 Å². The highest BCUT2D eigenvalue weighted by molar-refractivity contribution is 7.89. The van der Waals surface area contributed by atoms with E-state index in [1.165, 1.54) is 44.4 Å². The number of benzene rings is 3. The predicted octanol–water partition coefficient (Wildman–Crippen LogP) is 3.63. The van der Waals surface area contributed by atoms with Crippen LogP contribution in [-0.2, 0) is 14.8 Å². The minimum atomic E-state index is -3.65. The van der Waals surface area contributed by atoms with Crippen LogP contribution in [0.15, 0.2) is 71.6 Å². The molecule has 0 aliphatic carbocycles. The maximum absolute atomic E-state index is 13.0. The summed E-state index contributed by atoms with van der Waals surface area (Å²) in [6, 6.07) is 16.1. The van der Waals surface area contributed by atoms with E-state index in [1.807, 2.05) is 0 Å². The number of aryl methyl sites for hydroxylation is 1. The number of halogens is 1. The number of nitrogens with zero attached hydrogens (tertiary/aromatic N) is 1. The third-order valence-corrected chi connectivity index (χ3v) is 6.78. The summed E-state index contributed by atoms with van der Waals surface area (Å²) in [5.74, 6) is -0.781. The number of sulfonamides is 1. The summed E-state index contributed by atoms with van der Waals surface area (Å²) in [6.07, 6.45) is 0. The lowest BCUT2D eigenvalue weighted by Crippen LogP contribution is -2.24. The number of carbonyl (C=O) groups is 2. The molecule has 0 saturated carbocycles. The average Bonchev–Trinajstić information content (AvgIpc) is 2.79. The SMILES string of the molecule is Cc1ccc(NC(=O)COc2ccc(C(=O)c3ccc(F)cc3)cc2)cc1S(=O)(=O)N(C)C. The van der Waals surface area contributed by atoms with E-state index in [1.54, 1.807) is 43.3 Å². The fourth-order valence-electron chi connectivity index (χ4n) is 2.97. The molecule has 3 rings (SSSR count). The fraction of sp³-hybridized carbons (Fsp3) is 0.167. The van der Waals surface area contributed by atoms with Crippen molar-refractivity contribution in [3.8, 4) is 5.75 Å². The topological polar surface area (TPSA) is 92.8 Å². The summed E-state index contributed by atoms with van der Waals surface area (Å²) in [4.78, 5) is 24.8. The number of amides is 1. The first-order valence-electron chi connectivity index (χ1n) is 9.94. The largest absolute Gasteiger partial charge is 0.484 e. The molecule has 33 heavy (non-hydrogen) atoms. The number of nitrogens with one attached hydrogen (secondary N) is 1. The van der Waals surface area contributed by atoms with Crippen LogP contribution in [0.4, 0.5) is 10.1 Å². The van der Waals surface area contributed by atoms with Gasteiger partial charge in [0.25, 0.3) is 5.91 Å². The van der Waals surface area contributed by atoms with Gasteiger partial charge in [-0.2, -0.15) is 0 Å². The normalized spacial score (nSPS) is 11.3. The highest BCUT2D eigenvalue weighted by Gasteiger charge is 2.20. The lowest BCUT2D eigenvalue weighted by molar-refractivity contribution is -0.118. The number of anilines is 1. The van der Waals surface area contributed by atoms with E-state index in [2.05, 4.69) is 5.32 Å². The van der Waals surface area contributed by atoms with E-state index in [0.717, 1.165) is 4.31 Å². The third kappa shape index (κ3) is 5.82. The van der Waals surface area contributed by atoms with E-state index in [9.17, 15) is 22.4 Å². The summed E-state index contributed by atoms with van der Waals surface area (Å²) in [7, 11) is -0.776. The van der Waals surface area contributed by atoms with Crippen LogP contribution in [0.3, 0.4) is 0 Å². The quantitative estimate of drug-likeness (QED) is 0.508. The lowest BCUT2D eigenvalue weighted by Gasteiger charge is -2.15. The molecular formula is C24H23FN2O5S. The van der Waals surface area contributed by atoms with Gasteiger partial charge < -0.3 is 10.1 Å². The van der Waals surface area contributed by atoms with Crippen LogP contribution in [0, 0.1) is 12.7 Å². The zero-order chi connectivity index (χ0) is 24.2. The molecule has 172 valence electrons. The third-order valence-electron chi connectivity index (χ3n) is 4.82. The molecule has 0 atom stereocenters. The average molecular weight is 471 g/mol. The highest BCUT2D eigenvalue weighted by Crippen LogP contribution is 2.22. The lowest BCUT2D eigenvalue weighted by atomic mass is 10.0. The number of hydrogen-bond donors (Lipinski definition) is 1. The minimum Gasteiger partial charge on any atom is -0.484 e. The molecule has 1 N–H and O–H groups in total. The smallest absolute Gasteiger partial charge is 0.262 e. The molecule has 0 fully saturated rings. The van der Waals surface area contributed by atoms with E-state index in [-0.39, 0.29) is 17.3 Å². The summed E-state index contributed by atoms with van der Waals surface area (Å²) in [5.41, 5.74) is 1.65. The van der Waals surface area contributed by atoms with Crippen molar-refractivity contribution in [2.45, 2.75) is 11.8 Å². The van der Waals surface area contributed by atoms with Crippen molar-refractivity contribution in [3.63, 3.8) is 0 Å². The van der Waals surface area contributed by atoms with Crippen LogP contribution in [0.1, 0.15) is 21.5 Å². The second-order valence-corrected chi connectivity index (χ2v) is 9.59. The van der Waals surface area contributed by atoms with Gasteiger partial charge in [-0.1, -0.05) is 6.07 Å². The Morgan fingerprint density at radius 3 is 2.09 bits per heavy atom. The minimum absolute atomic E-state index is 0.104. The molecule has 0 unspecified atom stereocenters. The molecule has 3 aromatic carbocycles. The van der Waals surface area contributed by atoms with Crippen LogP contribution in [0.2, 0.25) is 0 Å². The fourth-order valence-corrected chi connectivity index (χ4v) is 4.11. The Balaban J connectivity index is 1.61. The number of rotatable bonds is 8. The molecule has 0 bridgehead atoms. The van der Waals surface area contributed by atoms with E-state index < -0.39 is 21.7 Å². The van der Waals surface area contributed by atoms with Crippen LogP contribution >= 0.6 is 0 Å². The molecular weight excluding hydrogens is 447 g/mol. The molecule has 0 aromatic heterocycles. The molecule has 0 spiro atoms. The standard InChI is InChI=1S/C24H23FN2O5S/c1-16-4-11-20(14-22(16)33(30,31)27(2)3)26-23(28)15-32-21-12-7-18(8-13-21)24(29)17-5-9-19(25)10-6-17/h4-14H,15H2,1-3H3,(H,26,28). The molecule has 0 aliphatic heterocycles.